The number of alkyl halides is 1. The first-order valence-corrected chi connectivity index (χ1v) is 39.6. The Kier molecular flexibility index (Phi) is 41.6. The molecule has 37 nitrogen and oxygen atoms in total. The van der Waals surface area contributed by atoms with E-state index in [1.165, 1.54) is 0 Å². The minimum atomic E-state index is -1.11. The van der Waals surface area contributed by atoms with Crippen molar-refractivity contribution in [1.82, 2.24) is 0 Å². The van der Waals surface area contributed by atoms with Crippen molar-refractivity contribution in [2.45, 2.75) is 97.7 Å². The van der Waals surface area contributed by atoms with Gasteiger partial charge in [0, 0.05) is 0 Å². The number of epoxide rings is 14. The number of aliphatic hydroxyl groups excluding tert-OH is 7. The molecule has 0 aromatic carbocycles. The summed E-state index contributed by atoms with van der Waals surface area (Å²) in [5.74, 6) is 0.667. The Labute approximate surface area is 654 Å². The topological polar surface area (TPSA) is 465 Å². The van der Waals surface area contributed by atoms with Crippen LogP contribution in [0.25, 0.3) is 0 Å². The summed E-state index contributed by atoms with van der Waals surface area (Å²) in [7, 11) is 0. The quantitative estimate of drug-likeness (QED) is 0.0223. The molecule has 14 rings (SSSR count). The number of halogens is 1. The van der Waals surface area contributed by atoms with Crippen molar-refractivity contribution in [3.05, 3.63) is 0 Å². The molecule has 14 saturated heterocycles. The standard InChI is InChI=1S/C34H58O17.C17H28O8.C14H24O7.C5H12O4.C3H5ClO/c35-25(3-38-17-33(19-40-5-27-11-46-27,20-41-6-28-12-47-28)21-42-7-29-13-48-29)1-37-2-26(36)4-39-18-34(22-43-8-30-14-49-30,23-44-9-31-15-50-31)24-45-10-32-16-51-32;1(13-5-22-13)18-9-17(10-19-2-14-6-23-14,11-20-3-15-7-24-15)12-21-4-16-8-25-16;15-7-14(8-16-1-11-4-19-11,9-17-2-12-5-20-12)10-18-3-13-6-21-13;6-1-5(2-7,3-8)4-9;4-1-3-2-5-3/h25-32,35-36H,1-24H2;13-16H,1-12H2;11-13,15H,1-10H2;6-9H,1-4H2;3H,1-2H2. The van der Waals surface area contributed by atoms with E-state index in [4.69, 9.17) is 174 Å². The summed E-state index contributed by atoms with van der Waals surface area (Å²) in [6.07, 6.45) is 0.875. The van der Waals surface area contributed by atoms with Crippen LogP contribution >= 0.6 is 11.6 Å². The Bertz CT molecular complexity index is 2080. The first kappa shape index (κ1) is 92.1. The van der Waals surface area contributed by atoms with E-state index in [1.807, 2.05) is 0 Å². The van der Waals surface area contributed by atoms with Crippen molar-refractivity contribution < 1.29 is 178 Å². The summed E-state index contributed by atoms with van der Waals surface area (Å²) in [4.78, 5) is 0. The molecule has 14 heterocycles. The lowest BCUT2D eigenvalue weighted by atomic mass is 9.92. The molecule has 7 N–H and O–H groups in total. The second-order valence-electron chi connectivity index (χ2n) is 31.4. The number of aliphatic hydroxyl groups is 7. The zero-order valence-electron chi connectivity index (χ0n) is 64.3. The van der Waals surface area contributed by atoms with E-state index in [9.17, 15) is 15.3 Å². The van der Waals surface area contributed by atoms with Crippen LogP contribution in [0.2, 0.25) is 0 Å². The van der Waals surface area contributed by atoms with Crippen molar-refractivity contribution in [2.75, 3.05) is 343 Å². The summed E-state index contributed by atoms with van der Waals surface area (Å²) in [6.45, 7) is 21.5. The van der Waals surface area contributed by atoms with Crippen LogP contribution in [0.3, 0.4) is 0 Å². The fraction of sp³-hybridized carbons (Fsp3) is 1.00. The first-order chi connectivity index (χ1) is 54.2. The van der Waals surface area contributed by atoms with Gasteiger partial charge in [-0.15, -0.1) is 11.6 Å². The summed E-state index contributed by atoms with van der Waals surface area (Å²) in [6, 6.07) is 0. The molecule has 38 heteroatoms. The lowest BCUT2D eigenvalue weighted by Gasteiger charge is -2.33. The summed E-state index contributed by atoms with van der Waals surface area (Å²) >= 11 is 5.27. The van der Waals surface area contributed by atoms with E-state index in [2.05, 4.69) is 0 Å². The molecule has 16 atom stereocenters. The van der Waals surface area contributed by atoms with Crippen LogP contribution in [-0.2, 0) is 142 Å². The highest BCUT2D eigenvalue weighted by molar-refractivity contribution is 6.18. The van der Waals surface area contributed by atoms with E-state index in [1.54, 1.807) is 0 Å². The third-order valence-electron chi connectivity index (χ3n) is 18.8. The van der Waals surface area contributed by atoms with Crippen LogP contribution in [0, 0.1) is 27.1 Å². The number of rotatable bonds is 70. The predicted octanol–water partition coefficient (Wildman–Crippen LogP) is -4.37. The Morgan fingerprint density at radius 1 is 0.207 bits per heavy atom. The van der Waals surface area contributed by atoms with Crippen molar-refractivity contribution in [3.63, 3.8) is 0 Å². The van der Waals surface area contributed by atoms with Crippen LogP contribution in [0.1, 0.15) is 0 Å². The van der Waals surface area contributed by atoms with Gasteiger partial charge >= 0.3 is 0 Å². The fourth-order valence-corrected chi connectivity index (χ4v) is 10.3. The Balaban J connectivity index is 0.000000179. The maximum absolute atomic E-state index is 10.6. The van der Waals surface area contributed by atoms with Crippen LogP contribution in [0.15, 0.2) is 0 Å². The van der Waals surface area contributed by atoms with Gasteiger partial charge in [0.25, 0.3) is 0 Å². The zero-order valence-corrected chi connectivity index (χ0v) is 65.0. The fourth-order valence-electron chi connectivity index (χ4n) is 10.2. The van der Waals surface area contributed by atoms with Gasteiger partial charge in [-0.25, -0.2) is 0 Å². The van der Waals surface area contributed by atoms with Gasteiger partial charge in [0.1, 0.15) is 91.6 Å². The zero-order chi connectivity index (χ0) is 77.7. The summed E-state index contributed by atoms with van der Waals surface area (Å²) in [5, 5.41) is 65.0. The molecule has 648 valence electrons. The summed E-state index contributed by atoms with van der Waals surface area (Å²) in [5.41, 5.74) is -3.22. The van der Waals surface area contributed by atoms with Crippen LogP contribution < -0.4 is 0 Å². The Hall–Kier alpha value is -1.19. The largest absolute Gasteiger partial charge is 0.396 e. The van der Waals surface area contributed by atoms with E-state index in [0.717, 1.165) is 52.9 Å². The third kappa shape index (κ3) is 43.6. The second-order valence-corrected chi connectivity index (χ2v) is 31.7. The monoisotopic (exact) mass is 1630 g/mol. The molecule has 14 aliphatic rings. The van der Waals surface area contributed by atoms with Gasteiger partial charge in [0.05, 0.1) is 376 Å². The van der Waals surface area contributed by atoms with Crippen molar-refractivity contribution >= 4 is 11.6 Å². The molecule has 0 aliphatic carbocycles. The van der Waals surface area contributed by atoms with Gasteiger partial charge in [0.2, 0.25) is 0 Å². The minimum Gasteiger partial charge on any atom is -0.396 e. The maximum Gasteiger partial charge on any atom is 0.104 e. The molecule has 0 aromatic rings. The molecular weight excluding hydrogens is 1500 g/mol. The van der Waals surface area contributed by atoms with Gasteiger partial charge < -0.3 is 178 Å². The van der Waals surface area contributed by atoms with Gasteiger partial charge in [-0.05, 0) is 0 Å². The van der Waals surface area contributed by atoms with Crippen LogP contribution in [-0.4, -0.2) is 476 Å². The van der Waals surface area contributed by atoms with Gasteiger partial charge in [-0.1, -0.05) is 0 Å². The molecule has 14 aliphatic heterocycles. The van der Waals surface area contributed by atoms with E-state index in [0.29, 0.717) is 223 Å². The molecule has 0 radical (unpaired) electrons. The lowest BCUT2D eigenvalue weighted by Crippen LogP contribution is -2.43. The van der Waals surface area contributed by atoms with E-state index in [-0.39, 0.29) is 131 Å². The van der Waals surface area contributed by atoms with Gasteiger partial charge in [0.15, 0.2) is 0 Å². The number of hydrogen-bond donors (Lipinski definition) is 7. The van der Waals surface area contributed by atoms with Crippen LogP contribution in [0.5, 0.6) is 0 Å². The predicted molar refractivity (Wildman–Crippen MR) is 380 cm³/mol. The number of ether oxygens (including phenoxy) is 30. The number of hydrogen-bond acceptors (Lipinski definition) is 37. The lowest BCUT2D eigenvalue weighted by molar-refractivity contribution is -0.127. The van der Waals surface area contributed by atoms with Crippen molar-refractivity contribution in [2.24, 2.45) is 27.1 Å². The molecule has 0 amide bonds. The SMILES string of the molecule is C(OCC(COCC1CO1)(COCC1CO1)COCC1CO1)C1CO1.ClCC1CO1.OC(COCC(O)COCC(COCC1CO1)(COCC1CO1)COCC1CO1)COCC(COCC1CO1)(COCC1CO1)COCC1CO1.OCC(CO)(CO)CO.OCC(COCC1CO1)(COCC1CO1)COCC1CO1. The second kappa shape index (κ2) is 50.1. The third-order valence-corrected chi connectivity index (χ3v) is 19.1. The van der Waals surface area contributed by atoms with Gasteiger partial charge in [-0.2, -0.15) is 0 Å². The Morgan fingerprint density at radius 2 is 0.342 bits per heavy atom. The normalized spacial score (nSPS) is 30.6. The summed E-state index contributed by atoms with van der Waals surface area (Å²) < 4.78 is 167. The van der Waals surface area contributed by atoms with Crippen molar-refractivity contribution in [3.8, 4) is 0 Å². The Morgan fingerprint density at radius 3 is 0.459 bits per heavy atom. The van der Waals surface area contributed by atoms with Crippen molar-refractivity contribution in [1.29, 1.82) is 0 Å². The molecule has 0 spiro atoms. The van der Waals surface area contributed by atoms with E-state index < -0.39 is 60.3 Å². The molecule has 0 aromatic heterocycles. The average molecular weight is 1630 g/mol. The highest BCUT2D eigenvalue weighted by atomic mass is 35.5. The molecule has 14 fully saturated rings. The van der Waals surface area contributed by atoms with E-state index >= 15 is 0 Å². The first-order valence-electron chi connectivity index (χ1n) is 39.1. The highest BCUT2D eigenvalue weighted by Crippen LogP contribution is 2.30. The minimum absolute atomic E-state index is 0.0176. The highest BCUT2D eigenvalue weighted by Gasteiger charge is 2.42. The molecule has 0 bridgehead atoms. The van der Waals surface area contributed by atoms with Crippen LogP contribution in [0.4, 0.5) is 0 Å². The molecular formula is C73H127ClO37. The molecule has 0 saturated carbocycles. The molecule has 16 unspecified atom stereocenters. The van der Waals surface area contributed by atoms with Gasteiger partial charge in [-0.3, -0.25) is 0 Å². The maximum atomic E-state index is 10.6. The average Bonchev–Trinajstić information content (AvgIpc) is 1.72. The molecule has 111 heavy (non-hydrogen) atoms. The smallest absolute Gasteiger partial charge is 0.104 e.